The van der Waals surface area contributed by atoms with Gasteiger partial charge in [-0.3, -0.25) is 0 Å². The van der Waals surface area contributed by atoms with Crippen molar-refractivity contribution in [3.05, 3.63) is 16.5 Å². The van der Waals surface area contributed by atoms with Crippen molar-refractivity contribution in [1.29, 1.82) is 0 Å². The van der Waals surface area contributed by atoms with Crippen molar-refractivity contribution >= 4 is 23.4 Å². The summed E-state index contributed by atoms with van der Waals surface area (Å²) in [5, 5.41) is 2.17. The molecule has 0 aromatic carbocycles. The first-order chi connectivity index (χ1) is 7.45. The van der Waals surface area contributed by atoms with E-state index in [1.807, 2.05) is 6.92 Å². The molecule has 1 rings (SSSR count). The molecule has 0 fully saturated rings. The molecule has 2 nitrogen and oxygen atoms in total. The monoisotopic (exact) mass is 258 g/mol. The zero-order valence-electron chi connectivity index (χ0n) is 10.5. The minimum atomic E-state index is 0.314. The third kappa shape index (κ3) is 3.36. The Bertz CT molecular complexity index is 366. The maximum Gasteiger partial charge on any atom is 0.136 e. The van der Waals surface area contributed by atoms with Gasteiger partial charge in [-0.2, -0.15) is 0 Å². The molecule has 0 bridgehead atoms. The van der Waals surface area contributed by atoms with Crippen molar-refractivity contribution < 1.29 is 0 Å². The number of thioether (sulfide) groups is 1. The first kappa shape index (κ1) is 13.8. The molecule has 1 unspecified atom stereocenters. The van der Waals surface area contributed by atoms with Crippen LogP contribution >= 0.6 is 23.4 Å². The van der Waals surface area contributed by atoms with Crippen LogP contribution in [0.2, 0.25) is 5.15 Å². The summed E-state index contributed by atoms with van der Waals surface area (Å²) < 4.78 is 0. The maximum atomic E-state index is 6.13. The van der Waals surface area contributed by atoms with Gasteiger partial charge < -0.3 is 0 Å². The van der Waals surface area contributed by atoms with E-state index in [1.165, 1.54) is 0 Å². The first-order valence-electron chi connectivity index (χ1n) is 5.66. The average molecular weight is 259 g/mol. The lowest BCUT2D eigenvalue weighted by Gasteiger charge is -2.13. The fourth-order valence-corrected chi connectivity index (χ4v) is 2.33. The fourth-order valence-electron chi connectivity index (χ4n) is 1.13. The summed E-state index contributed by atoms with van der Waals surface area (Å²) in [6.07, 6.45) is 1.13. The third-order valence-electron chi connectivity index (χ3n) is 2.46. The van der Waals surface area contributed by atoms with Gasteiger partial charge in [0.2, 0.25) is 0 Å². The quantitative estimate of drug-likeness (QED) is 0.589. The minimum Gasteiger partial charge on any atom is -0.226 e. The molecular formula is C12H19ClN2S. The van der Waals surface area contributed by atoms with Gasteiger partial charge in [0.15, 0.2) is 0 Å². The number of aromatic nitrogens is 2. The highest BCUT2D eigenvalue weighted by atomic mass is 35.5. The normalized spacial score (nSPS) is 13.2. The molecule has 0 aliphatic rings. The molecule has 1 atom stereocenters. The number of nitrogens with zero attached hydrogens (tertiary/aromatic N) is 2. The highest BCUT2D eigenvalue weighted by Crippen LogP contribution is 2.30. The van der Waals surface area contributed by atoms with Gasteiger partial charge in [-0.15, -0.1) is 11.8 Å². The van der Waals surface area contributed by atoms with E-state index in [1.54, 1.807) is 11.8 Å². The van der Waals surface area contributed by atoms with Gasteiger partial charge in [0.25, 0.3) is 0 Å². The van der Waals surface area contributed by atoms with Crippen LogP contribution in [0.4, 0.5) is 0 Å². The average Bonchev–Trinajstić information content (AvgIpc) is 2.23. The molecule has 90 valence electrons. The molecule has 0 saturated heterocycles. The van der Waals surface area contributed by atoms with Gasteiger partial charge >= 0.3 is 0 Å². The summed E-state index contributed by atoms with van der Waals surface area (Å²) in [4.78, 5) is 8.89. The predicted molar refractivity (Wildman–Crippen MR) is 71.5 cm³/mol. The maximum absolute atomic E-state index is 6.13. The second-order valence-corrected chi connectivity index (χ2v) is 6.08. The molecule has 1 heterocycles. The van der Waals surface area contributed by atoms with E-state index in [0.717, 1.165) is 22.8 Å². The van der Waals surface area contributed by atoms with E-state index in [0.29, 0.717) is 16.3 Å². The zero-order chi connectivity index (χ0) is 12.3. The van der Waals surface area contributed by atoms with Crippen LogP contribution in [0.15, 0.2) is 5.03 Å². The number of rotatable bonds is 4. The summed E-state index contributed by atoms with van der Waals surface area (Å²) >= 11 is 7.91. The van der Waals surface area contributed by atoms with E-state index in [9.17, 15) is 0 Å². The smallest absolute Gasteiger partial charge is 0.136 e. The molecule has 1 aromatic heterocycles. The first-order valence-corrected chi connectivity index (χ1v) is 6.92. The van der Waals surface area contributed by atoms with Crippen molar-refractivity contribution in [2.75, 3.05) is 0 Å². The van der Waals surface area contributed by atoms with Gasteiger partial charge in [-0.25, -0.2) is 9.97 Å². The molecule has 4 heteroatoms. The van der Waals surface area contributed by atoms with Crippen LogP contribution < -0.4 is 0 Å². The van der Waals surface area contributed by atoms with Crippen molar-refractivity contribution in [3.8, 4) is 0 Å². The number of halogens is 1. The summed E-state index contributed by atoms with van der Waals surface area (Å²) in [6.45, 7) is 10.5. The Morgan fingerprint density at radius 3 is 2.38 bits per heavy atom. The summed E-state index contributed by atoms with van der Waals surface area (Å²) in [5.41, 5.74) is 0.997. The Hall–Kier alpha value is -0.280. The Labute approximate surface area is 107 Å². The van der Waals surface area contributed by atoms with Crippen LogP contribution in [0.5, 0.6) is 0 Å². The third-order valence-corrected chi connectivity index (χ3v) is 4.19. The van der Waals surface area contributed by atoms with E-state index in [4.69, 9.17) is 11.6 Å². The second kappa shape index (κ2) is 5.87. The van der Waals surface area contributed by atoms with Gasteiger partial charge in [-0.1, -0.05) is 39.3 Å². The lowest BCUT2D eigenvalue weighted by atomic mass is 10.2. The van der Waals surface area contributed by atoms with Crippen LogP contribution in [-0.4, -0.2) is 15.2 Å². The van der Waals surface area contributed by atoms with Crippen LogP contribution in [0.25, 0.3) is 0 Å². The van der Waals surface area contributed by atoms with Gasteiger partial charge in [-0.05, 0) is 13.3 Å². The highest BCUT2D eigenvalue weighted by molar-refractivity contribution is 7.99. The van der Waals surface area contributed by atoms with Crippen LogP contribution in [0, 0.1) is 6.92 Å². The topological polar surface area (TPSA) is 25.8 Å². The molecule has 0 saturated carbocycles. The molecule has 0 radical (unpaired) electrons. The molecule has 0 amide bonds. The molecule has 16 heavy (non-hydrogen) atoms. The van der Waals surface area contributed by atoms with Crippen molar-refractivity contribution in [3.63, 3.8) is 0 Å². The molecule has 0 aliphatic heterocycles. The number of hydrogen-bond donors (Lipinski definition) is 0. The zero-order valence-corrected chi connectivity index (χ0v) is 12.1. The Balaban J connectivity index is 3.06. The largest absolute Gasteiger partial charge is 0.226 e. The van der Waals surface area contributed by atoms with Crippen LogP contribution in [0.1, 0.15) is 51.4 Å². The van der Waals surface area contributed by atoms with Crippen LogP contribution in [-0.2, 0) is 0 Å². The molecule has 0 spiro atoms. The number of hydrogen-bond acceptors (Lipinski definition) is 3. The minimum absolute atomic E-state index is 0.314. The summed E-state index contributed by atoms with van der Waals surface area (Å²) in [7, 11) is 0. The Kier molecular flexibility index (Phi) is 5.06. The fraction of sp³-hybridized carbons (Fsp3) is 0.667. The lowest BCUT2D eigenvalue weighted by Crippen LogP contribution is -2.04. The second-order valence-electron chi connectivity index (χ2n) is 4.29. The van der Waals surface area contributed by atoms with E-state index >= 15 is 0 Å². The van der Waals surface area contributed by atoms with E-state index in [-0.39, 0.29) is 0 Å². The summed E-state index contributed by atoms with van der Waals surface area (Å²) in [5.74, 6) is 1.15. The van der Waals surface area contributed by atoms with Crippen LogP contribution in [0.3, 0.4) is 0 Å². The van der Waals surface area contributed by atoms with Gasteiger partial charge in [0.1, 0.15) is 16.0 Å². The van der Waals surface area contributed by atoms with Gasteiger partial charge in [0.05, 0.1) is 0 Å². The SMILES string of the molecule is CCC(C)Sc1nc(C(C)C)nc(Cl)c1C. The standard InChI is InChI=1S/C12H19ClN2S/c1-6-8(4)16-12-9(5)10(13)14-11(15-12)7(2)3/h7-8H,6H2,1-5H3. The molecule has 0 N–H and O–H groups in total. The molecule has 1 aromatic rings. The predicted octanol–water partition coefficient (Wildman–Crippen LogP) is 4.45. The van der Waals surface area contributed by atoms with Crippen molar-refractivity contribution in [2.24, 2.45) is 0 Å². The summed E-state index contributed by atoms with van der Waals surface area (Å²) in [6, 6.07) is 0. The van der Waals surface area contributed by atoms with Crippen molar-refractivity contribution in [2.45, 2.75) is 57.2 Å². The van der Waals surface area contributed by atoms with Crippen molar-refractivity contribution in [1.82, 2.24) is 9.97 Å². The Morgan fingerprint density at radius 2 is 1.88 bits per heavy atom. The van der Waals surface area contributed by atoms with Gasteiger partial charge in [0, 0.05) is 16.7 Å². The van der Waals surface area contributed by atoms with E-state index < -0.39 is 0 Å². The Morgan fingerprint density at radius 1 is 1.25 bits per heavy atom. The highest BCUT2D eigenvalue weighted by Gasteiger charge is 2.13. The molecular weight excluding hydrogens is 240 g/mol. The molecule has 0 aliphatic carbocycles. The lowest BCUT2D eigenvalue weighted by molar-refractivity contribution is 0.746. The van der Waals surface area contributed by atoms with E-state index in [2.05, 4.69) is 37.7 Å².